The number of benzene rings is 1. The quantitative estimate of drug-likeness (QED) is 0.773. The molecule has 0 saturated carbocycles. The first-order valence-corrected chi connectivity index (χ1v) is 7.25. The molecule has 0 aliphatic rings. The van der Waals surface area contributed by atoms with Crippen molar-refractivity contribution in [2.24, 2.45) is 0 Å². The van der Waals surface area contributed by atoms with Gasteiger partial charge < -0.3 is 14.8 Å². The zero-order valence-electron chi connectivity index (χ0n) is 13.8. The Morgan fingerprint density at radius 2 is 1.91 bits per heavy atom. The molecule has 7 nitrogen and oxygen atoms in total. The smallest absolute Gasteiger partial charge is 0.321 e. The second-order valence-electron chi connectivity index (χ2n) is 5.07. The Kier molecular flexibility index (Phi) is 7.05. The summed E-state index contributed by atoms with van der Waals surface area (Å²) in [5.74, 6) is -0.550. The maximum Gasteiger partial charge on any atom is 0.321 e. The van der Waals surface area contributed by atoms with Crippen molar-refractivity contribution in [3.63, 3.8) is 0 Å². The molecule has 1 rings (SSSR count). The van der Waals surface area contributed by atoms with Crippen molar-refractivity contribution in [1.82, 2.24) is 10.6 Å². The summed E-state index contributed by atoms with van der Waals surface area (Å²) in [5, 5.41) is 4.27. The van der Waals surface area contributed by atoms with Gasteiger partial charge in [-0.3, -0.25) is 14.9 Å². The lowest BCUT2D eigenvalue weighted by Crippen LogP contribution is -2.43. The lowest BCUT2D eigenvalue weighted by molar-refractivity contribution is -0.154. The summed E-state index contributed by atoms with van der Waals surface area (Å²) < 4.78 is 10.5. The summed E-state index contributed by atoms with van der Waals surface area (Å²) in [6.45, 7) is 5.40. The molecular weight excluding hydrogens is 300 g/mol. The topological polar surface area (TPSA) is 93.7 Å². The second-order valence-corrected chi connectivity index (χ2v) is 5.07. The number of carbonyl (C=O) groups is 3. The van der Waals surface area contributed by atoms with Crippen LogP contribution < -0.4 is 15.4 Å². The van der Waals surface area contributed by atoms with Gasteiger partial charge in [0, 0.05) is 7.05 Å². The SMILES string of the molecule is CNC(=O)NC(=O)[C@H](C)OC(=O)CCOc1cc(C)ccc1C. The van der Waals surface area contributed by atoms with Crippen LogP contribution in [0.4, 0.5) is 4.79 Å². The molecule has 2 N–H and O–H groups in total. The Labute approximate surface area is 135 Å². The molecule has 7 heteroatoms. The molecule has 1 aromatic rings. The minimum Gasteiger partial charge on any atom is -0.493 e. The van der Waals surface area contributed by atoms with Crippen LogP contribution in [0.25, 0.3) is 0 Å². The summed E-state index contributed by atoms with van der Waals surface area (Å²) >= 11 is 0. The van der Waals surface area contributed by atoms with E-state index in [4.69, 9.17) is 9.47 Å². The van der Waals surface area contributed by atoms with Crippen LogP contribution in [0.5, 0.6) is 5.75 Å². The third-order valence-electron chi connectivity index (χ3n) is 3.05. The van der Waals surface area contributed by atoms with Crippen molar-refractivity contribution < 1.29 is 23.9 Å². The molecular formula is C16H22N2O5. The van der Waals surface area contributed by atoms with Gasteiger partial charge >= 0.3 is 12.0 Å². The third kappa shape index (κ3) is 6.37. The predicted molar refractivity (Wildman–Crippen MR) is 84.2 cm³/mol. The molecule has 0 unspecified atom stereocenters. The van der Waals surface area contributed by atoms with Crippen LogP contribution in [0.3, 0.4) is 0 Å². The van der Waals surface area contributed by atoms with Gasteiger partial charge in [0.25, 0.3) is 5.91 Å². The fraction of sp³-hybridized carbons (Fsp3) is 0.438. The molecule has 0 aromatic heterocycles. The maximum atomic E-state index is 11.7. The molecule has 0 heterocycles. The van der Waals surface area contributed by atoms with E-state index >= 15 is 0 Å². The lowest BCUT2D eigenvalue weighted by Gasteiger charge is -2.13. The largest absolute Gasteiger partial charge is 0.493 e. The molecule has 0 radical (unpaired) electrons. The van der Waals surface area contributed by atoms with E-state index in [1.54, 1.807) is 0 Å². The maximum absolute atomic E-state index is 11.7. The van der Waals surface area contributed by atoms with Gasteiger partial charge in [0.15, 0.2) is 6.10 Å². The van der Waals surface area contributed by atoms with Gasteiger partial charge in [0.05, 0.1) is 13.0 Å². The number of hydrogen-bond donors (Lipinski definition) is 2. The van der Waals surface area contributed by atoms with Crippen LogP contribution in [-0.2, 0) is 14.3 Å². The fourth-order valence-corrected chi connectivity index (χ4v) is 1.69. The minimum atomic E-state index is -1.06. The zero-order chi connectivity index (χ0) is 17.4. The Balaban J connectivity index is 2.38. The number of nitrogens with one attached hydrogen (secondary N) is 2. The highest BCUT2D eigenvalue weighted by molar-refractivity contribution is 5.96. The Morgan fingerprint density at radius 1 is 1.22 bits per heavy atom. The first-order valence-electron chi connectivity index (χ1n) is 7.25. The number of urea groups is 1. The molecule has 0 fully saturated rings. The lowest BCUT2D eigenvalue weighted by atomic mass is 10.1. The molecule has 0 bridgehead atoms. The van der Waals surface area contributed by atoms with Crippen molar-refractivity contribution in [1.29, 1.82) is 0 Å². The van der Waals surface area contributed by atoms with Crippen LogP contribution in [0.15, 0.2) is 18.2 Å². The average molecular weight is 322 g/mol. The molecule has 0 aliphatic carbocycles. The number of carbonyl (C=O) groups excluding carboxylic acids is 3. The molecule has 126 valence electrons. The van der Waals surface area contributed by atoms with Gasteiger partial charge in [-0.25, -0.2) is 4.79 Å². The van der Waals surface area contributed by atoms with E-state index in [9.17, 15) is 14.4 Å². The van der Waals surface area contributed by atoms with Gasteiger partial charge in [-0.15, -0.1) is 0 Å². The van der Waals surface area contributed by atoms with E-state index in [1.165, 1.54) is 14.0 Å². The van der Waals surface area contributed by atoms with Crippen LogP contribution in [0, 0.1) is 13.8 Å². The normalized spacial score (nSPS) is 11.3. The van der Waals surface area contributed by atoms with Crippen molar-refractivity contribution in [3.8, 4) is 5.75 Å². The molecule has 0 aliphatic heterocycles. The summed E-state index contributed by atoms with van der Waals surface area (Å²) in [7, 11) is 1.38. The number of amides is 3. The Hall–Kier alpha value is -2.57. The predicted octanol–water partition coefficient (Wildman–Crippen LogP) is 1.46. The van der Waals surface area contributed by atoms with Gasteiger partial charge in [0.2, 0.25) is 0 Å². The standard InChI is InChI=1S/C16H22N2O5/c1-10-5-6-11(2)13(9-10)22-8-7-14(19)23-12(3)15(20)18-16(21)17-4/h5-6,9,12H,7-8H2,1-4H3,(H2,17,18,20,21)/t12-/m0/s1. The molecule has 1 atom stereocenters. The second kappa shape index (κ2) is 8.77. The Morgan fingerprint density at radius 3 is 2.57 bits per heavy atom. The number of esters is 1. The van der Waals surface area contributed by atoms with E-state index < -0.39 is 24.0 Å². The Bertz CT molecular complexity index is 586. The number of hydrogen-bond acceptors (Lipinski definition) is 5. The molecule has 23 heavy (non-hydrogen) atoms. The highest BCUT2D eigenvalue weighted by Crippen LogP contribution is 2.19. The molecule has 0 spiro atoms. The van der Waals surface area contributed by atoms with Crippen LogP contribution in [0.1, 0.15) is 24.5 Å². The molecule has 3 amide bonds. The van der Waals surface area contributed by atoms with Crippen molar-refractivity contribution in [3.05, 3.63) is 29.3 Å². The summed E-state index contributed by atoms with van der Waals surface area (Å²) in [6, 6.07) is 5.15. The third-order valence-corrected chi connectivity index (χ3v) is 3.05. The van der Waals surface area contributed by atoms with Crippen LogP contribution in [0.2, 0.25) is 0 Å². The summed E-state index contributed by atoms with van der Waals surface area (Å²) in [4.78, 5) is 34.2. The zero-order valence-corrected chi connectivity index (χ0v) is 13.8. The monoisotopic (exact) mass is 322 g/mol. The van der Waals surface area contributed by atoms with Crippen molar-refractivity contribution >= 4 is 17.9 Å². The van der Waals surface area contributed by atoms with Crippen molar-refractivity contribution in [2.75, 3.05) is 13.7 Å². The fourth-order valence-electron chi connectivity index (χ4n) is 1.69. The van der Waals surface area contributed by atoms with Crippen LogP contribution in [-0.4, -0.2) is 37.7 Å². The van der Waals surface area contributed by atoms with E-state index in [1.807, 2.05) is 37.4 Å². The average Bonchev–Trinajstić information content (AvgIpc) is 2.50. The van der Waals surface area contributed by atoms with E-state index in [0.717, 1.165) is 11.1 Å². The first-order chi connectivity index (χ1) is 10.8. The number of rotatable bonds is 6. The molecule has 1 aromatic carbocycles. The van der Waals surface area contributed by atoms with E-state index in [2.05, 4.69) is 5.32 Å². The van der Waals surface area contributed by atoms with Gasteiger partial charge in [0.1, 0.15) is 5.75 Å². The van der Waals surface area contributed by atoms with Gasteiger partial charge in [-0.05, 0) is 38.0 Å². The van der Waals surface area contributed by atoms with Crippen molar-refractivity contribution in [2.45, 2.75) is 33.3 Å². The van der Waals surface area contributed by atoms with E-state index in [-0.39, 0.29) is 13.0 Å². The number of ether oxygens (including phenoxy) is 2. The molecule has 0 saturated heterocycles. The van der Waals surface area contributed by atoms with E-state index in [0.29, 0.717) is 5.75 Å². The van der Waals surface area contributed by atoms with Crippen LogP contribution >= 0.6 is 0 Å². The number of imide groups is 1. The number of aryl methyl sites for hydroxylation is 2. The summed E-state index contributed by atoms with van der Waals surface area (Å²) in [5.41, 5.74) is 2.04. The first kappa shape index (κ1) is 18.5. The minimum absolute atomic E-state index is 0.00494. The highest BCUT2D eigenvalue weighted by Gasteiger charge is 2.19. The summed E-state index contributed by atoms with van der Waals surface area (Å²) in [6.07, 6.45) is -1.05. The highest BCUT2D eigenvalue weighted by atomic mass is 16.5. The van der Waals surface area contributed by atoms with Gasteiger partial charge in [-0.1, -0.05) is 12.1 Å². The van der Waals surface area contributed by atoms with Gasteiger partial charge in [-0.2, -0.15) is 0 Å².